The molecule has 2 aliphatic heterocycles. The van der Waals surface area contributed by atoms with Gasteiger partial charge in [0, 0.05) is 26.3 Å². The summed E-state index contributed by atoms with van der Waals surface area (Å²) >= 11 is 0. The van der Waals surface area contributed by atoms with Gasteiger partial charge in [-0.05, 0) is 12.8 Å². The normalized spacial score (nSPS) is 30.2. The van der Waals surface area contributed by atoms with Crippen molar-refractivity contribution >= 4 is 0 Å². The molecular weight excluding hydrogens is 182 g/mol. The number of ether oxygens (including phenoxy) is 3. The van der Waals surface area contributed by atoms with E-state index in [9.17, 15) is 0 Å². The first kappa shape index (κ1) is 10.4. The molecule has 0 aliphatic carbocycles. The first-order valence-corrected chi connectivity index (χ1v) is 5.31. The Morgan fingerprint density at radius 3 is 3.00 bits per heavy atom. The number of hydrogen-bond acceptors (Lipinski definition) is 4. The molecule has 14 heavy (non-hydrogen) atoms. The molecule has 0 aromatic rings. The van der Waals surface area contributed by atoms with E-state index in [0.29, 0.717) is 6.04 Å². The van der Waals surface area contributed by atoms with Crippen LogP contribution in [0.15, 0.2) is 0 Å². The van der Waals surface area contributed by atoms with Crippen LogP contribution in [-0.4, -0.2) is 51.7 Å². The minimum atomic E-state index is -0.0218. The first-order valence-electron chi connectivity index (χ1n) is 5.31. The van der Waals surface area contributed by atoms with E-state index in [-0.39, 0.29) is 5.60 Å². The molecule has 2 rings (SSSR count). The van der Waals surface area contributed by atoms with Crippen molar-refractivity contribution < 1.29 is 14.2 Å². The van der Waals surface area contributed by atoms with Crippen LogP contribution in [0.3, 0.4) is 0 Å². The third-order valence-electron chi connectivity index (χ3n) is 3.05. The van der Waals surface area contributed by atoms with Gasteiger partial charge < -0.3 is 19.5 Å². The molecule has 0 radical (unpaired) electrons. The van der Waals surface area contributed by atoms with Gasteiger partial charge in [-0.15, -0.1) is 0 Å². The van der Waals surface area contributed by atoms with Gasteiger partial charge in [0.15, 0.2) is 0 Å². The second-order valence-corrected chi connectivity index (χ2v) is 4.05. The maximum atomic E-state index is 5.82. The van der Waals surface area contributed by atoms with Gasteiger partial charge in [-0.25, -0.2) is 0 Å². The Morgan fingerprint density at radius 2 is 2.36 bits per heavy atom. The third-order valence-corrected chi connectivity index (χ3v) is 3.05. The fourth-order valence-electron chi connectivity index (χ4n) is 2.16. The summed E-state index contributed by atoms with van der Waals surface area (Å²) in [6, 6.07) is 0.445. The zero-order valence-electron chi connectivity index (χ0n) is 8.75. The molecule has 82 valence electrons. The molecule has 1 unspecified atom stereocenters. The lowest BCUT2D eigenvalue weighted by Gasteiger charge is -2.49. The Kier molecular flexibility index (Phi) is 3.38. The van der Waals surface area contributed by atoms with Crippen molar-refractivity contribution in [2.75, 3.05) is 40.1 Å². The standard InChI is InChI=1S/C10H19NO3/c1-12-5-2-3-9-10(7-13-8-10)14-6-4-11-9/h9,11H,2-8H2,1H3. The van der Waals surface area contributed by atoms with Crippen LogP contribution in [0.2, 0.25) is 0 Å². The highest BCUT2D eigenvalue weighted by atomic mass is 16.6. The zero-order chi connectivity index (χ0) is 9.86. The van der Waals surface area contributed by atoms with Crippen molar-refractivity contribution in [2.24, 2.45) is 0 Å². The minimum absolute atomic E-state index is 0.0218. The molecule has 0 aromatic heterocycles. The summed E-state index contributed by atoms with van der Waals surface area (Å²) in [4.78, 5) is 0. The van der Waals surface area contributed by atoms with Crippen molar-refractivity contribution in [1.29, 1.82) is 0 Å². The molecule has 0 amide bonds. The highest BCUT2D eigenvalue weighted by molar-refractivity contribution is 5.00. The van der Waals surface area contributed by atoms with Gasteiger partial charge in [0.1, 0.15) is 5.60 Å². The molecule has 4 heteroatoms. The van der Waals surface area contributed by atoms with E-state index in [4.69, 9.17) is 14.2 Å². The molecule has 0 bridgehead atoms. The van der Waals surface area contributed by atoms with E-state index in [2.05, 4.69) is 5.32 Å². The molecule has 0 saturated carbocycles. The van der Waals surface area contributed by atoms with Crippen LogP contribution in [0.5, 0.6) is 0 Å². The van der Waals surface area contributed by atoms with Crippen molar-refractivity contribution in [1.82, 2.24) is 5.32 Å². The fraction of sp³-hybridized carbons (Fsp3) is 1.00. The first-order chi connectivity index (χ1) is 6.87. The molecule has 2 saturated heterocycles. The highest BCUT2D eigenvalue weighted by Gasteiger charge is 2.48. The summed E-state index contributed by atoms with van der Waals surface area (Å²) in [5.74, 6) is 0. The molecule has 2 fully saturated rings. The number of rotatable bonds is 4. The number of nitrogens with one attached hydrogen (secondary N) is 1. The second kappa shape index (κ2) is 4.57. The minimum Gasteiger partial charge on any atom is -0.385 e. The van der Waals surface area contributed by atoms with Crippen molar-refractivity contribution in [3.8, 4) is 0 Å². The summed E-state index contributed by atoms with van der Waals surface area (Å²) in [6.45, 7) is 4.09. The van der Waals surface area contributed by atoms with E-state index in [0.717, 1.165) is 45.8 Å². The molecule has 1 atom stereocenters. The summed E-state index contributed by atoms with van der Waals surface area (Å²) in [6.07, 6.45) is 2.19. The topological polar surface area (TPSA) is 39.7 Å². The van der Waals surface area contributed by atoms with Crippen LogP contribution in [0.25, 0.3) is 0 Å². The molecule has 2 heterocycles. The Balaban J connectivity index is 1.81. The molecule has 1 N–H and O–H groups in total. The maximum Gasteiger partial charge on any atom is 0.130 e. The van der Waals surface area contributed by atoms with E-state index < -0.39 is 0 Å². The van der Waals surface area contributed by atoms with Crippen molar-refractivity contribution in [2.45, 2.75) is 24.5 Å². The average Bonchev–Trinajstić information content (AvgIpc) is 2.17. The monoisotopic (exact) mass is 201 g/mol. The second-order valence-electron chi connectivity index (χ2n) is 4.05. The Morgan fingerprint density at radius 1 is 1.50 bits per heavy atom. The van der Waals surface area contributed by atoms with Crippen LogP contribution in [0.1, 0.15) is 12.8 Å². The summed E-state index contributed by atoms with van der Waals surface area (Å²) in [5, 5.41) is 3.51. The highest BCUT2D eigenvalue weighted by Crippen LogP contribution is 2.30. The molecule has 2 aliphatic rings. The van der Waals surface area contributed by atoms with Gasteiger partial charge in [0.2, 0.25) is 0 Å². The number of morpholine rings is 1. The van der Waals surface area contributed by atoms with Gasteiger partial charge in [0.25, 0.3) is 0 Å². The van der Waals surface area contributed by atoms with Gasteiger partial charge in [0.05, 0.1) is 19.8 Å². The lowest BCUT2D eigenvalue weighted by Crippen LogP contribution is -2.68. The van der Waals surface area contributed by atoms with Crippen LogP contribution in [0, 0.1) is 0 Å². The third kappa shape index (κ3) is 1.93. The Hall–Kier alpha value is -0.160. The van der Waals surface area contributed by atoms with E-state index in [1.807, 2.05) is 0 Å². The zero-order valence-corrected chi connectivity index (χ0v) is 8.75. The maximum absolute atomic E-state index is 5.82. The van der Waals surface area contributed by atoms with E-state index in [1.54, 1.807) is 7.11 Å². The lowest BCUT2D eigenvalue weighted by molar-refractivity contribution is -0.238. The number of hydrogen-bond donors (Lipinski definition) is 1. The molecule has 4 nitrogen and oxygen atoms in total. The summed E-state index contributed by atoms with van der Waals surface area (Å²) < 4.78 is 16.1. The summed E-state index contributed by atoms with van der Waals surface area (Å²) in [5.41, 5.74) is -0.0218. The van der Waals surface area contributed by atoms with Gasteiger partial charge in [-0.1, -0.05) is 0 Å². The molecule has 1 spiro atoms. The Labute approximate surface area is 84.9 Å². The smallest absolute Gasteiger partial charge is 0.130 e. The fourth-order valence-corrected chi connectivity index (χ4v) is 2.16. The Bertz CT molecular complexity index is 182. The van der Waals surface area contributed by atoms with E-state index in [1.165, 1.54) is 0 Å². The SMILES string of the molecule is COCCCC1NCCOC12COC2. The predicted molar refractivity (Wildman–Crippen MR) is 52.4 cm³/mol. The van der Waals surface area contributed by atoms with Crippen molar-refractivity contribution in [3.05, 3.63) is 0 Å². The van der Waals surface area contributed by atoms with Crippen LogP contribution in [0.4, 0.5) is 0 Å². The predicted octanol–water partition coefficient (Wildman–Crippen LogP) is 0.170. The van der Waals surface area contributed by atoms with Gasteiger partial charge >= 0.3 is 0 Å². The number of methoxy groups -OCH3 is 1. The quantitative estimate of drug-likeness (QED) is 0.658. The largest absolute Gasteiger partial charge is 0.385 e. The molecular formula is C10H19NO3. The molecule has 0 aromatic carbocycles. The lowest BCUT2D eigenvalue weighted by atomic mass is 9.87. The van der Waals surface area contributed by atoms with Crippen LogP contribution in [-0.2, 0) is 14.2 Å². The van der Waals surface area contributed by atoms with Crippen LogP contribution < -0.4 is 5.32 Å². The average molecular weight is 201 g/mol. The van der Waals surface area contributed by atoms with Gasteiger partial charge in [-0.3, -0.25) is 0 Å². The van der Waals surface area contributed by atoms with Crippen molar-refractivity contribution in [3.63, 3.8) is 0 Å². The summed E-state index contributed by atoms with van der Waals surface area (Å²) in [7, 11) is 1.74. The van der Waals surface area contributed by atoms with Gasteiger partial charge in [-0.2, -0.15) is 0 Å². The van der Waals surface area contributed by atoms with E-state index >= 15 is 0 Å². The van der Waals surface area contributed by atoms with Crippen LogP contribution >= 0.6 is 0 Å².